The highest BCUT2D eigenvalue weighted by Crippen LogP contribution is 2.46. The number of rotatable bonds is 2. The van der Waals surface area contributed by atoms with Crippen molar-refractivity contribution in [2.24, 2.45) is 5.92 Å². The quantitative estimate of drug-likeness (QED) is 0.907. The third-order valence-electron chi connectivity index (χ3n) is 6.34. The van der Waals surface area contributed by atoms with Crippen molar-refractivity contribution in [3.05, 3.63) is 22.5 Å². The fourth-order valence-electron chi connectivity index (χ4n) is 4.67. The lowest BCUT2D eigenvalue weighted by atomic mass is 9.89. The van der Waals surface area contributed by atoms with Gasteiger partial charge in [-0.05, 0) is 63.4 Å². The van der Waals surface area contributed by atoms with Gasteiger partial charge in [0.2, 0.25) is 0 Å². The molecule has 132 valence electrons. The molecule has 2 aliphatic carbocycles. The predicted molar refractivity (Wildman–Crippen MR) is 91.4 cm³/mol. The summed E-state index contributed by atoms with van der Waals surface area (Å²) in [6.45, 7) is 3.31. The van der Waals surface area contributed by atoms with E-state index in [0.717, 1.165) is 72.8 Å². The largest absolute Gasteiger partial charge is 0.390 e. The molecule has 0 bridgehead atoms. The number of carbonyl (C=O) groups is 1. The molecule has 2 aromatic heterocycles. The molecule has 5 rings (SSSR count). The van der Waals surface area contributed by atoms with Gasteiger partial charge < -0.3 is 14.5 Å². The molecular formula is C19H23N3O3. The van der Waals surface area contributed by atoms with Gasteiger partial charge in [-0.15, -0.1) is 0 Å². The monoisotopic (exact) mass is 341 g/mol. The first-order valence-electron chi connectivity index (χ1n) is 9.36. The first-order valence-corrected chi connectivity index (χ1v) is 9.36. The first-order chi connectivity index (χ1) is 12.1. The number of aliphatic hydroxyl groups is 1. The maximum atomic E-state index is 13.4. The number of aryl methyl sites for hydroxylation is 2. The molecule has 1 saturated carbocycles. The summed E-state index contributed by atoms with van der Waals surface area (Å²) in [6, 6.07) is 0. The Balaban J connectivity index is 1.49. The Bertz CT molecular complexity index is 860. The number of hydrogen-bond acceptors (Lipinski definition) is 5. The molecule has 1 saturated heterocycles. The lowest BCUT2D eigenvalue weighted by molar-refractivity contribution is 0.0341. The van der Waals surface area contributed by atoms with Crippen molar-refractivity contribution < 1.29 is 14.4 Å². The van der Waals surface area contributed by atoms with E-state index in [0.29, 0.717) is 24.7 Å². The van der Waals surface area contributed by atoms with Gasteiger partial charge in [-0.3, -0.25) is 4.79 Å². The van der Waals surface area contributed by atoms with Gasteiger partial charge in [0.1, 0.15) is 0 Å². The number of pyridine rings is 1. The summed E-state index contributed by atoms with van der Waals surface area (Å²) in [5.41, 5.74) is 3.64. The SMILES string of the molecule is Cc1noc2nc3c(c(C(=O)N4CCC(C5(O)CC5)CC4)c12)CCC3. The van der Waals surface area contributed by atoms with Gasteiger partial charge in [0.05, 0.1) is 22.2 Å². The molecule has 0 spiro atoms. The molecule has 2 fully saturated rings. The van der Waals surface area contributed by atoms with Gasteiger partial charge in [0, 0.05) is 18.8 Å². The molecule has 1 aliphatic heterocycles. The zero-order chi connectivity index (χ0) is 17.2. The minimum Gasteiger partial charge on any atom is -0.390 e. The highest BCUT2D eigenvalue weighted by atomic mass is 16.5. The van der Waals surface area contributed by atoms with Gasteiger partial charge in [-0.25, -0.2) is 4.98 Å². The van der Waals surface area contributed by atoms with E-state index in [1.165, 1.54) is 0 Å². The van der Waals surface area contributed by atoms with Gasteiger partial charge in [-0.2, -0.15) is 0 Å². The lowest BCUT2D eigenvalue weighted by Gasteiger charge is -2.34. The fourth-order valence-corrected chi connectivity index (χ4v) is 4.67. The lowest BCUT2D eigenvalue weighted by Crippen LogP contribution is -2.42. The minimum absolute atomic E-state index is 0.0816. The Morgan fingerprint density at radius 2 is 2.04 bits per heavy atom. The van der Waals surface area contributed by atoms with Crippen molar-refractivity contribution in [2.75, 3.05) is 13.1 Å². The maximum absolute atomic E-state index is 13.4. The van der Waals surface area contributed by atoms with E-state index in [-0.39, 0.29) is 5.91 Å². The number of carbonyl (C=O) groups excluding carboxylic acids is 1. The Morgan fingerprint density at radius 3 is 2.76 bits per heavy atom. The molecule has 6 nitrogen and oxygen atoms in total. The number of likely N-dealkylation sites (tertiary alicyclic amines) is 1. The number of fused-ring (bicyclic) bond motifs is 2. The topological polar surface area (TPSA) is 79.5 Å². The molecule has 3 aliphatic rings. The number of hydrogen-bond donors (Lipinski definition) is 1. The predicted octanol–water partition coefficient (Wildman–Crippen LogP) is 2.40. The average Bonchev–Trinajstić information content (AvgIpc) is 3.04. The molecule has 6 heteroatoms. The highest BCUT2D eigenvalue weighted by Gasteiger charge is 2.48. The minimum atomic E-state index is -0.439. The van der Waals surface area contributed by atoms with E-state index in [9.17, 15) is 9.90 Å². The average molecular weight is 341 g/mol. The molecule has 1 N–H and O–H groups in total. The van der Waals surface area contributed by atoms with Gasteiger partial charge in [0.15, 0.2) is 0 Å². The second-order valence-corrected chi connectivity index (χ2v) is 7.88. The van der Waals surface area contributed by atoms with Crippen LogP contribution >= 0.6 is 0 Å². The summed E-state index contributed by atoms with van der Waals surface area (Å²) in [5, 5.41) is 15.2. The van der Waals surface area contributed by atoms with Crippen molar-refractivity contribution in [1.29, 1.82) is 0 Å². The Morgan fingerprint density at radius 1 is 1.28 bits per heavy atom. The van der Waals surface area contributed by atoms with Gasteiger partial charge in [0.25, 0.3) is 11.6 Å². The molecule has 25 heavy (non-hydrogen) atoms. The van der Waals surface area contributed by atoms with Crippen LogP contribution in [0.5, 0.6) is 0 Å². The molecular weight excluding hydrogens is 318 g/mol. The van der Waals surface area contributed by atoms with E-state index < -0.39 is 5.60 Å². The van der Waals surface area contributed by atoms with E-state index in [4.69, 9.17) is 4.52 Å². The second kappa shape index (κ2) is 5.27. The molecule has 2 aromatic rings. The van der Waals surface area contributed by atoms with Crippen LogP contribution in [-0.2, 0) is 12.8 Å². The molecule has 0 atom stereocenters. The van der Waals surface area contributed by atoms with Crippen LogP contribution in [0.4, 0.5) is 0 Å². The van der Waals surface area contributed by atoms with Gasteiger partial charge >= 0.3 is 0 Å². The van der Waals surface area contributed by atoms with Crippen LogP contribution in [0.15, 0.2) is 4.52 Å². The summed E-state index contributed by atoms with van der Waals surface area (Å²) >= 11 is 0. The molecule has 0 radical (unpaired) electrons. The summed E-state index contributed by atoms with van der Waals surface area (Å²) in [4.78, 5) is 19.9. The highest BCUT2D eigenvalue weighted by molar-refractivity contribution is 6.07. The van der Waals surface area contributed by atoms with Crippen molar-refractivity contribution in [1.82, 2.24) is 15.0 Å². The third-order valence-corrected chi connectivity index (χ3v) is 6.34. The first kappa shape index (κ1) is 15.3. The third kappa shape index (κ3) is 2.30. The Labute approximate surface area is 146 Å². The summed E-state index contributed by atoms with van der Waals surface area (Å²) in [6.07, 6.45) is 6.47. The van der Waals surface area contributed by atoms with Crippen LogP contribution in [0.1, 0.15) is 59.4 Å². The zero-order valence-corrected chi connectivity index (χ0v) is 14.5. The van der Waals surface area contributed by atoms with Crippen molar-refractivity contribution in [3.8, 4) is 0 Å². The number of amides is 1. The van der Waals surface area contributed by atoms with Crippen LogP contribution in [0.2, 0.25) is 0 Å². The Hall–Kier alpha value is -1.95. The number of piperidine rings is 1. The molecule has 3 heterocycles. The van der Waals surface area contributed by atoms with Crippen molar-refractivity contribution in [2.45, 2.75) is 57.5 Å². The smallest absolute Gasteiger partial charge is 0.259 e. The van der Waals surface area contributed by atoms with Crippen LogP contribution in [-0.4, -0.2) is 44.7 Å². The summed E-state index contributed by atoms with van der Waals surface area (Å²) < 4.78 is 5.36. The van der Waals surface area contributed by atoms with E-state index in [1.54, 1.807) is 0 Å². The van der Waals surface area contributed by atoms with Crippen molar-refractivity contribution in [3.63, 3.8) is 0 Å². The van der Waals surface area contributed by atoms with Crippen molar-refractivity contribution >= 4 is 17.0 Å². The molecule has 1 amide bonds. The van der Waals surface area contributed by atoms with Crippen LogP contribution in [0, 0.1) is 12.8 Å². The maximum Gasteiger partial charge on any atom is 0.259 e. The summed E-state index contributed by atoms with van der Waals surface area (Å²) in [7, 11) is 0. The second-order valence-electron chi connectivity index (χ2n) is 7.88. The van der Waals surface area contributed by atoms with Crippen LogP contribution < -0.4 is 0 Å². The Kier molecular flexibility index (Phi) is 3.23. The van der Waals surface area contributed by atoms with E-state index >= 15 is 0 Å². The zero-order valence-electron chi connectivity index (χ0n) is 14.5. The molecule has 0 unspecified atom stereocenters. The standard InChI is InChI=1S/C19H23N3O3/c1-11-15-16(13-3-2-4-14(13)20-17(15)25-21-11)18(23)22-9-5-12(6-10-22)19(24)7-8-19/h12,24H,2-10H2,1H3. The van der Waals surface area contributed by atoms with E-state index in [1.807, 2.05) is 11.8 Å². The number of aromatic nitrogens is 2. The summed E-state index contributed by atoms with van der Waals surface area (Å²) in [5.74, 6) is 0.426. The fraction of sp³-hybridized carbons (Fsp3) is 0.632. The molecule has 0 aromatic carbocycles. The van der Waals surface area contributed by atoms with Crippen LogP contribution in [0.25, 0.3) is 11.1 Å². The van der Waals surface area contributed by atoms with Crippen LogP contribution in [0.3, 0.4) is 0 Å². The number of nitrogens with zero attached hydrogens (tertiary/aromatic N) is 3. The van der Waals surface area contributed by atoms with Gasteiger partial charge in [-0.1, -0.05) is 5.16 Å². The normalized spacial score (nSPS) is 22.4. The van der Waals surface area contributed by atoms with E-state index in [2.05, 4.69) is 10.1 Å².